The van der Waals surface area contributed by atoms with Gasteiger partial charge in [-0.1, -0.05) is 37.3 Å². The van der Waals surface area contributed by atoms with Gasteiger partial charge in [-0.25, -0.2) is 4.79 Å². The largest absolute Gasteiger partial charge is 0.481 e. The number of aliphatic carboxylic acids is 1. The van der Waals surface area contributed by atoms with Gasteiger partial charge in [0.15, 0.2) is 0 Å². The van der Waals surface area contributed by atoms with Crippen LogP contribution in [0, 0.1) is 11.8 Å². The maximum atomic E-state index is 11.8. The third-order valence-electron chi connectivity index (χ3n) is 3.39. The van der Waals surface area contributed by atoms with Gasteiger partial charge in [0, 0.05) is 13.1 Å². The Balaban J connectivity index is 1.86. The predicted octanol–water partition coefficient (Wildman–Crippen LogP) is 1.98. The van der Waals surface area contributed by atoms with E-state index in [1.165, 1.54) is 4.90 Å². The van der Waals surface area contributed by atoms with Gasteiger partial charge in [0.25, 0.3) is 0 Å². The van der Waals surface area contributed by atoms with Crippen molar-refractivity contribution in [3.8, 4) is 0 Å². The van der Waals surface area contributed by atoms with Gasteiger partial charge in [0.2, 0.25) is 0 Å². The molecule has 1 aromatic carbocycles. The molecule has 1 fully saturated rings. The summed E-state index contributed by atoms with van der Waals surface area (Å²) in [7, 11) is 0. The van der Waals surface area contributed by atoms with E-state index < -0.39 is 18.0 Å². The Kier molecular flexibility index (Phi) is 4.04. The first-order valence-electron chi connectivity index (χ1n) is 6.26. The van der Waals surface area contributed by atoms with Crippen LogP contribution in [0.15, 0.2) is 30.3 Å². The number of nitrogens with zero attached hydrogens (tertiary/aromatic N) is 1. The molecule has 2 rings (SSSR count). The Morgan fingerprint density at radius 2 is 2.00 bits per heavy atom. The molecule has 1 saturated heterocycles. The summed E-state index contributed by atoms with van der Waals surface area (Å²) < 4.78 is 5.18. The second kappa shape index (κ2) is 5.73. The average molecular weight is 263 g/mol. The number of ether oxygens (including phenoxy) is 1. The summed E-state index contributed by atoms with van der Waals surface area (Å²) in [6.07, 6.45) is -0.445. The molecule has 1 amide bonds. The number of carboxylic acids is 1. The highest BCUT2D eigenvalue weighted by molar-refractivity contribution is 5.74. The van der Waals surface area contributed by atoms with Crippen molar-refractivity contribution in [1.82, 2.24) is 4.90 Å². The van der Waals surface area contributed by atoms with Crippen LogP contribution in [0.1, 0.15) is 12.5 Å². The van der Waals surface area contributed by atoms with Crippen LogP contribution in [0.5, 0.6) is 0 Å². The minimum absolute atomic E-state index is 0.0400. The topological polar surface area (TPSA) is 66.8 Å². The summed E-state index contributed by atoms with van der Waals surface area (Å²) in [5, 5.41) is 9.01. The summed E-state index contributed by atoms with van der Waals surface area (Å²) in [6, 6.07) is 9.40. The minimum Gasteiger partial charge on any atom is -0.481 e. The van der Waals surface area contributed by atoms with Gasteiger partial charge >= 0.3 is 12.1 Å². The van der Waals surface area contributed by atoms with Crippen molar-refractivity contribution in [1.29, 1.82) is 0 Å². The van der Waals surface area contributed by atoms with Gasteiger partial charge in [0.05, 0.1) is 5.92 Å². The van der Waals surface area contributed by atoms with Gasteiger partial charge in [0.1, 0.15) is 6.61 Å². The third-order valence-corrected chi connectivity index (χ3v) is 3.39. The molecule has 1 aromatic rings. The first-order chi connectivity index (χ1) is 9.08. The van der Waals surface area contributed by atoms with Crippen LogP contribution in [-0.2, 0) is 16.1 Å². The summed E-state index contributed by atoms with van der Waals surface area (Å²) in [4.78, 5) is 24.3. The van der Waals surface area contributed by atoms with Crippen molar-refractivity contribution in [2.24, 2.45) is 11.8 Å². The molecule has 5 heteroatoms. The Bertz CT molecular complexity index is 460. The third kappa shape index (κ3) is 3.24. The highest BCUT2D eigenvalue weighted by atomic mass is 16.6. The molecule has 1 heterocycles. The van der Waals surface area contributed by atoms with Crippen LogP contribution in [0.3, 0.4) is 0 Å². The summed E-state index contributed by atoms with van der Waals surface area (Å²) >= 11 is 0. The van der Waals surface area contributed by atoms with Crippen LogP contribution in [0.4, 0.5) is 4.79 Å². The quantitative estimate of drug-likeness (QED) is 0.905. The molecule has 19 heavy (non-hydrogen) atoms. The lowest BCUT2D eigenvalue weighted by atomic mass is 9.99. The van der Waals surface area contributed by atoms with Crippen LogP contribution in [0.2, 0.25) is 0 Å². The molecule has 0 unspecified atom stereocenters. The number of hydrogen-bond acceptors (Lipinski definition) is 3. The van der Waals surface area contributed by atoms with Gasteiger partial charge < -0.3 is 14.7 Å². The molecule has 1 aliphatic heterocycles. The van der Waals surface area contributed by atoms with E-state index in [0.29, 0.717) is 6.54 Å². The van der Waals surface area contributed by atoms with Crippen molar-refractivity contribution in [2.75, 3.05) is 13.1 Å². The lowest BCUT2D eigenvalue weighted by Gasteiger charge is -2.15. The zero-order chi connectivity index (χ0) is 13.8. The normalized spacial score (nSPS) is 22.3. The van der Waals surface area contributed by atoms with Crippen molar-refractivity contribution >= 4 is 12.1 Å². The molecular weight excluding hydrogens is 246 g/mol. The van der Waals surface area contributed by atoms with E-state index in [2.05, 4.69) is 0 Å². The Morgan fingerprint density at radius 3 is 2.58 bits per heavy atom. The number of carbonyl (C=O) groups excluding carboxylic acids is 1. The van der Waals surface area contributed by atoms with Crippen LogP contribution in [0.25, 0.3) is 0 Å². The molecule has 1 aliphatic rings. The summed E-state index contributed by atoms with van der Waals surface area (Å²) in [6.45, 7) is 2.71. The van der Waals surface area contributed by atoms with E-state index in [1.807, 2.05) is 37.3 Å². The number of likely N-dealkylation sites (tertiary alicyclic amines) is 1. The zero-order valence-electron chi connectivity index (χ0n) is 10.8. The highest BCUT2D eigenvalue weighted by Gasteiger charge is 2.37. The van der Waals surface area contributed by atoms with Gasteiger partial charge in [-0.2, -0.15) is 0 Å². The van der Waals surface area contributed by atoms with E-state index in [9.17, 15) is 9.59 Å². The highest BCUT2D eigenvalue weighted by Crippen LogP contribution is 2.23. The second-order valence-corrected chi connectivity index (χ2v) is 4.87. The minimum atomic E-state index is -0.856. The second-order valence-electron chi connectivity index (χ2n) is 4.87. The van der Waals surface area contributed by atoms with E-state index in [-0.39, 0.29) is 19.1 Å². The number of benzene rings is 1. The molecule has 0 radical (unpaired) electrons. The van der Waals surface area contributed by atoms with E-state index in [1.54, 1.807) is 0 Å². The Morgan fingerprint density at radius 1 is 1.32 bits per heavy atom. The summed E-state index contributed by atoms with van der Waals surface area (Å²) in [5.41, 5.74) is 0.915. The van der Waals surface area contributed by atoms with E-state index in [0.717, 1.165) is 5.56 Å². The average Bonchev–Trinajstić information content (AvgIpc) is 2.79. The fourth-order valence-electron chi connectivity index (χ4n) is 2.25. The van der Waals surface area contributed by atoms with Crippen molar-refractivity contribution in [3.05, 3.63) is 35.9 Å². The molecule has 0 aromatic heterocycles. The summed E-state index contributed by atoms with van der Waals surface area (Å²) in [5.74, 6) is -1.39. The molecule has 0 bridgehead atoms. The fourth-order valence-corrected chi connectivity index (χ4v) is 2.25. The monoisotopic (exact) mass is 263 g/mol. The SMILES string of the molecule is C[C@H]1CN(C(=O)OCc2ccccc2)C[C@@H]1C(=O)O. The number of amides is 1. The maximum absolute atomic E-state index is 11.8. The van der Waals surface area contributed by atoms with Gasteiger partial charge in [-0.3, -0.25) is 4.79 Å². The molecule has 0 spiro atoms. The lowest BCUT2D eigenvalue weighted by molar-refractivity contribution is -0.142. The van der Waals surface area contributed by atoms with E-state index >= 15 is 0 Å². The van der Waals surface area contributed by atoms with Crippen LogP contribution >= 0.6 is 0 Å². The zero-order valence-corrected chi connectivity index (χ0v) is 10.8. The maximum Gasteiger partial charge on any atom is 0.410 e. The Hall–Kier alpha value is -2.04. The van der Waals surface area contributed by atoms with Crippen molar-refractivity contribution < 1.29 is 19.4 Å². The van der Waals surface area contributed by atoms with Crippen LogP contribution < -0.4 is 0 Å². The molecule has 102 valence electrons. The van der Waals surface area contributed by atoms with Gasteiger partial charge in [-0.15, -0.1) is 0 Å². The molecule has 2 atom stereocenters. The predicted molar refractivity (Wildman–Crippen MR) is 68.5 cm³/mol. The smallest absolute Gasteiger partial charge is 0.410 e. The number of carboxylic acid groups (broad SMARTS) is 1. The molecule has 1 N–H and O–H groups in total. The molecule has 0 aliphatic carbocycles. The first kappa shape index (κ1) is 13.4. The number of carbonyl (C=O) groups is 2. The Labute approximate surface area is 111 Å². The van der Waals surface area contributed by atoms with Gasteiger partial charge in [-0.05, 0) is 11.5 Å². The molecule has 0 saturated carbocycles. The fraction of sp³-hybridized carbons (Fsp3) is 0.429. The molecular formula is C14H17NO4. The van der Waals surface area contributed by atoms with Crippen LogP contribution in [-0.4, -0.2) is 35.2 Å². The lowest BCUT2D eigenvalue weighted by Crippen LogP contribution is -2.30. The first-order valence-corrected chi connectivity index (χ1v) is 6.26. The van der Waals surface area contributed by atoms with E-state index in [4.69, 9.17) is 9.84 Å². The van der Waals surface area contributed by atoms with Crippen molar-refractivity contribution in [3.63, 3.8) is 0 Å². The van der Waals surface area contributed by atoms with Crippen molar-refractivity contribution in [2.45, 2.75) is 13.5 Å². The number of rotatable bonds is 3. The number of hydrogen-bond donors (Lipinski definition) is 1. The molecule has 5 nitrogen and oxygen atoms in total. The standard InChI is InChI=1S/C14H17NO4/c1-10-7-15(8-12(10)13(16)17)14(18)19-9-11-5-3-2-4-6-11/h2-6,10,12H,7-9H2,1H3,(H,16,17)/t10-,12-/m0/s1.